The minimum absolute atomic E-state index is 0.101. The second-order valence-corrected chi connectivity index (χ2v) is 8.20. The van der Waals surface area contributed by atoms with E-state index in [1.165, 1.54) is 12.8 Å². The van der Waals surface area contributed by atoms with Crippen molar-refractivity contribution < 1.29 is 18.9 Å². The third-order valence-corrected chi connectivity index (χ3v) is 6.22. The smallest absolute Gasteiger partial charge is 0.254 e. The molecule has 32 heavy (non-hydrogen) atoms. The van der Waals surface area contributed by atoms with Crippen LogP contribution in [-0.4, -0.2) is 38.3 Å². The minimum atomic E-state index is -0.768. The Bertz CT molecular complexity index is 895. The Kier molecular flexibility index (Phi) is 7.46. The van der Waals surface area contributed by atoms with Gasteiger partial charge in [-0.2, -0.15) is 0 Å². The molecule has 2 atom stereocenters. The van der Waals surface area contributed by atoms with Gasteiger partial charge in [0.05, 0.1) is 19.8 Å². The molecular weight excluding hydrogens is 400 g/mol. The first-order valence-electron chi connectivity index (χ1n) is 11.4. The van der Waals surface area contributed by atoms with Crippen LogP contribution < -0.4 is 4.74 Å². The van der Waals surface area contributed by atoms with Crippen LogP contribution in [0.3, 0.4) is 0 Å². The van der Waals surface area contributed by atoms with E-state index in [1.807, 2.05) is 37.4 Å². The van der Waals surface area contributed by atoms with Crippen molar-refractivity contribution in [3.8, 4) is 11.5 Å². The molecule has 4 heteroatoms. The summed E-state index contributed by atoms with van der Waals surface area (Å²) in [5.74, 6) is 1.76. The lowest BCUT2D eigenvalue weighted by atomic mass is 9.80. The maximum Gasteiger partial charge on any atom is 0.254 e. The molecule has 0 saturated carbocycles. The third kappa shape index (κ3) is 4.82. The summed E-state index contributed by atoms with van der Waals surface area (Å²) in [4.78, 5) is 0. The molecule has 1 fully saturated rings. The van der Waals surface area contributed by atoms with Gasteiger partial charge in [0.2, 0.25) is 0 Å². The summed E-state index contributed by atoms with van der Waals surface area (Å²) in [5, 5.41) is 0. The fourth-order valence-corrected chi connectivity index (χ4v) is 4.43. The van der Waals surface area contributed by atoms with E-state index in [2.05, 4.69) is 53.3 Å². The maximum atomic E-state index is 6.93. The van der Waals surface area contributed by atoms with Gasteiger partial charge in [0, 0.05) is 18.7 Å². The molecule has 0 aliphatic carbocycles. The van der Waals surface area contributed by atoms with Crippen LogP contribution in [0.2, 0.25) is 0 Å². The van der Waals surface area contributed by atoms with Crippen LogP contribution in [0, 0.1) is 0 Å². The number of rotatable bonds is 8. The summed E-state index contributed by atoms with van der Waals surface area (Å²) in [6, 6.07) is 26.9. The predicted octanol–water partition coefficient (Wildman–Crippen LogP) is 5.83. The van der Waals surface area contributed by atoms with Crippen molar-refractivity contribution in [2.75, 3.05) is 27.4 Å². The number of hydrogen-bond donors (Lipinski definition) is 0. The Balaban J connectivity index is 1.81. The monoisotopic (exact) mass is 433 g/mol. The van der Waals surface area contributed by atoms with Crippen molar-refractivity contribution in [3.63, 3.8) is 0 Å². The lowest BCUT2D eigenvalue weighted by molar-refractivity contribution is -0.0632. The highest BCUT2D eigenvalue weighted by Crippen LogP contribution is 2.42. The molecule has 0 amide bonds. The second kappa shape index (κ2) is 10.7. The largest absolute Gasteiger partial charge is 0.585 e. The van der Waals surface area contributed by atoms with Crippen molar-refractivity contribution in [2.24, 2.45) is 0 Å². The van der Waals surface area contributed by atoms with Crippen LogP contribution in [0.1, 0.15) is 42.4 Å². The summed E-state index contributed by atoms with van der Waals surface area (Å²) in [7, 11) is 3.50. The minimum Gasteiger partial charge on any atom is -0.585 e. The number of methoxy groups -OCH3 is 1. The Hall–Kier alpha value is -2.82. The van der Waals surface area contributed by atoms with Crippen LogP contribution >= 0.6 is 0 Å². The van der Waals surface area contributed by atoms with E-state index >= 15 is 0 Å². The molecule has 1 aliphatic rings. The molecule has 0 bridgehead atoms. The SMILES string of the molecule is COc1ccc(C(OC[C@@H]2CCCCCO2)(c2ccccc2)c2ccc([OH+]C)cc2)cc1. The highest BCUT2D eigenvalue weighted by molar-refractivity contribution is 5.49. The predicted molar refractivity (Wildman–Crippen MR) is 128 cm³/mol. The highest BCUT2D eigenvalue weighted by Gasteiger charge is 2.38. The van der Waals surface area contributed by atoms with Gasteiger partial charge >= 0.3 is 0 Å². The first-order chi connectivity index (χ1) is 15.8. The lowest BCUT2D eigenvalue weighted by Crippen LogP contribution is -2.36. The van der Waals surface area contributed by atoms with Gasteiger partial charge in [0.15, 0.2) is 7.11 Å². The van der Waals surface area contributed by atoms with Crippen molar-refractivity contribution in [1.82, 2.24) is 0 Å². The summed E-state index contributed by atoms with van der Waals surface area (Å²) < 4.78 is 22.8. The second-order valence-electron chi connectivity index (χ2n) is 8.20. The number of aliphatic hydroxyl groups is 1. The normalized spacial score (nSPS) is 18.4. The third-order valence-electron chi connectivity index (χ3n) is 6.22. The van der Waals surface area contributed by atoms with E-state index in [1.54, 1.807) is 7.11 Å². The van der Waals surface area contributed by atoms with Gasteiger partial charge in [0.25, 0.3) is 5.75 Å². The zero-order valence-electron chi connectivity index (χ0n) is 19.0. The maximum absolute atomic E-state index is 6.93. The van der Waals surface area contributed by atoms with Crippen molar-refractivity contribution in [2.45, 2.75) is 37.4 Å². The van der Waals surface area contributed by atoms with E-state index in [4.69, 9.17) is 14.2 Å². The number of benzene rings is 3. The molecule has 0 aromatic heterocycles. The molecule has 3 aromatic carbocycles. The fourth-order valence-electron chi connectivity index (χ4n) is 4.43. The highest BCUT2D eigenvalue weighted by atomic mass is 16.5. The van der Waals surface area contributed by atoms with Crippen molar-refractivity contribution in [3.05, 3.63) is 95.6 Å². The molecule has 0 spiro atoms. The molecule has 168 valence electrons. The molecule has 3 aromatic rings. The Morgan fingerprint density at radius 1 is 0.844 bits per heavy atom. The molecule has 0 radical (unpaired) electrons. The van der Waals surface area contributed by atoms with E-state index < -0.39 is 5.60 Å². The average molecular weight is 434 g/mol. The number of hydrogen-bond acceptors (Lipinski definition) is 3. The summed E-state index contributed by atoms with van der Waals surface area (Å²) in [6.45, 7) is 1.34. The van der Waals surface area contributed by atoms with Gasteiger partial charge in [-0.15, -0.1) is 0 Å². The van der Waals surface area contributed by atoms with Crippen LogP contribution in [0.4, 0.5) is 0 Å². The number of aromatic hydroxyl groups is 1. The molecule has 1 aliphatic heterocycles. The zero-order chi connectivity index (χ0) is 22.2. The Morgan fingerprint density at radius 2 is 1.50 bits per heavy atom. The first kappa shape index (κ1) is 22.4. The van der Waals surface area contributed by atoms with Crippen LogP contribution in [0.25, 0.3) is 0 Å². The summed E-state index contributed by atoms with van der Waals surface area (Å²) in [5.41, 5.74) is 2.43. The molecule has 1 heterocycles. The molecular formula is C28H33O4+. The first-order valence-corrected chi connectivity index (χ1v) is 11.4. The molecule has 1 unspecified atom stereocenters. The number of ether oxygens (including phenoxy) is 4. The van der Waals surface area contributed by atoms with Crippen LogP contribution in [0.5, 0.6) is 11.5 Å². The van der Waals surface area contributed by atoms with Gasteiger partial charge in [-0.05, 0) is 53.8 Å². The van der Waals surface area contributed by atoms with Crippen molar-refractivity contribution >= 4 is 0 Å². The molecule has 1 saturated heterocycles. The van der Waals surface area contributed by atoms with Gasteiger partial charge in [-0.1, -0.05) is 55.3 Å². The lowest BCUT2D eigenvalue weighted by Gasteiger charge is -2.37. The van der Waals surface area contributed by atoms with E-state index in [0.717, 1.165) is 47.6 Å². The Morgan fingerprint density at radius 3 is 2.16 bits per heavy atom. The summed E-state index contributed by atoms with van der Waals surface area (Å²) in [6.07, 6.45) is 4.66. The average Bonchev–Trinajstić information content (AvgIpc) is 3.15. The van der Waals surface area contributed by atoms with Gasteiger partial charge < -0.3 is 18.9 Å². The van der Waals surface area contributed by atoms with Crippen LogP contribution in [0.15, 0.2) is 78.9 Å². The zero-order valence-corrected chi connectivity index (χ0v) is 19.0. The van der Waals surface area contributed by atoms with Crippen LogP contribution in [-0.2, 0) is 15.1 Å². The van der Waals surface area contributed by atoms with Gasteiger partial charge in [-0.3, -0.25) is 0 Å². The Labute approximate surface area is 191 Å². The van der Waals surface area contributed by atoms with E-state index in [0.29, 0.717) is 6.61 Å². The van der Waals surface area contributed by atoms with E-state index in [9.17, 15) is 0 Å². The fraction of sp³-hybridized carbons (Fsp3) is 0.357. The molecule has 4 rings (SSSR count). The van der Waals surface area contributed by atoms with Crippen molar-refractivity contribution in [1.29, 1.82) is 0 Å². The quantitative estimate of drug-likeness (QED) is 0.331. The standard InChI is InChI=1S/C28H32O4/c1-29-25-16-12-23(13-17-25)28(22-9-5-3-6-10-22,24-14-18-26(30-2)19-15-24)32-21-27-11-7-4-8-20-31-27/h3,5-6,9-10,12-19,27H,4,7-8,11,20-21H2,1-2H3/p+1/t27-/m0/s1. The molecule has 1 N–H and O–H groups in total. The van der Waals surface area contributed by atoms with E-state index in [-0.39, 0.29) is 6.10 Å². The summed E-state index contributed by atoms with van der Waals surface area (Å²) >= 11 is 0. The van der Waals surface area contributed by atoms with Gasteiger partial charge in [0.1, 0.15) is 11.4 Å². The molecule has 4 nitrogen and oxygen atoms in total. The topological polar surface area (TPSA) is 40.5 Å². The van der Waals surface area contributed by atoms with Gasteiger partial charge in [-0.25, -0.2) is 0 Å².